The van der Waals surface area contributed by atoms with Crippen LogP contribution in [0.4, 0.5) is 10.6 Å². The van der Waals surface area contributed by atoms with Gasteiger partial charge >= 0.3 is 12.0 Å². The van der Waals surface area contributed by atoms with Crippen LogP contribution in [-0.2, 0) is 10.2 Å². The molecule has 0 saturated carbocycles. The molecule has 3 rings (SSSR count). The van der Waals surface area contributed by atoms with Gasteiger partial charge in [0.05, 0.1) is 12.1 Å². The van der Waals surface area contributed by atoms with E-state index < -0.39 is 12.2 Å². The monoisotopic (exact) mass is 388 g/mol. The molecule has 2 amide bonds. The van der Waals surface area contributed by atoms with Crippen LogP contribution in [0.3, 0.4) is 0 Å². The van der Waals surface area contributed by atoms with Crippen LogP contribution in [0.5, 0.6) is 0 Å². The van der Waals surface area contributed by atoms with Crippen LogP contribution >= 0.6 is 11.6 Å². The number of hydrogen-bond donors (Lipinski definition) is 0. The highest BCUT2D eigenvalue weighted by Gasteiger charge is 2.40. The molecule has 7 nitrogen and oxygen atoms in total. The standard InChI is InChI=1S/C19H21ClN4O3/c1-19(2,3)13-10-14(21-22-16(13)20)24-15(11-23(4)18(24)26)27-17(25)12-8-6-5-7-9-12/h5-10,15H,11H2,1-4H3. The largest absolute Gasteiger partial charge is 0.435 e. The molecule has 1 saturated heterocycles. The van der Waals surface area contributed by atoms with E-state index in [9.17, 15) is 9.59 Å². The van der Waals surface area contributed by atoms with Crippen molar-refractivity contribution < 1.29 is 14.3 Å². The number of hydrogen-bond acceptors (Lipinski definition) is 5. The number of esters is 1. The topological polar surface area (TPSA) is 75.6 Å². The molecule has 0 bridgehead atoms. The summed E-state index contributed by atoms with van der Waals surface area (Å²) >= 11 is 6.18. The summed E-state index contributed by atoms with van der Waals surface area (Å²) in [7, 11) is 1.64. The van der Waals surface area contributed by atoms with Gasteiger partial charge in [-0.25, -0.2) is 14.5 Å². The number of aromatic nitrogens is 2. The number of carbonyl (C=O) groups excluding carboxylic acids is 2. The molecule has 1 atom stereocenters. The van der Waals surface area contributed by atoms with Crippen molar-refractivity contribution >= 4 is 29.4 Å². The van der Waals surface area contributed by atoms with Gasteiger partial charge in [0.25, 0.3) is 0 Å². The van der Waals surface area contributed by atoms with Crippen LogP contribution in [0.25, 0.3) is 0 Å². The first kappa shape index (κ1) is 19.1. The SMILES string of the molecule is CN1CC(OC(=O)c2ccccc2)N(c2cc(C(C)(C)C)c(Cl)nn2)C1=O. The van der Waals surface area contributed by atoms with Crippen molar-refractivity contribution in [2.75, 3.05) is 18.5 Å². The summed E-state index contributed by atoms with van der Waals surface area (Å²) in [5.41, 5.74) is 0.883. The van der Waals surface area contributed by atoms with E-state index in [-0.39, 0.29) is 23.1 Å². The molecular formula is C19H21ClN4O3. The predicted octanol–water partition coefficient (Wildman–Crippen LogP) is 3.48. The van der Waals surface area contributed by atoms with E-state index >= 15 is 0 Å². The Balaban J connectivity index is 1.92. The molecule has 142 valence electrons. The highest BCUT2D eigenvalue weighted by molar-refractivity contribution is 6.30. The minimum Gasteiger partial charge on any atom is -0.435 e. The molecule has 0 spiro atoms. The lowest BCUT2D eigenvalue weighted by Crippen LogP contribution is -2.38. The Morgan fingerprint density at radius 1 is 1.22 bits per heavy atom. The smallest absolute Gasteiger partial charge is 0.340 e. The summed E-state index contributed by atoms with van der Waals surface area (Å²) in [6.45, 7) is 6.20. The third kappa shape index (κ3) is 3.88. The van der Waals surface area contributed by atoms with Gasteiger partial charge in [0.2, 0.25) is 6.23 Å². The predicted molar refractivity (Wildman–Crippen MR) is 102 cm³/mol. The molecule has 2 aromatic rings. The zero-order valence-electron chi connectivity index (χ0n) is 15.6. The van der Waals surface area contributed by atoms with Gasteiger partial charge in [0, 0.05) is 12.6 Å². The summed E-state index contributed by atoms with van der Waals surface area (Å²) in [6.07, 6.45) is -0.807. The summed E-state index contributed by atoms with van der Waals surface area (Å²) in [5.74, 6) is -0.212. The molecule has 1 aliphatic rings. The van der Waals surface area contributed by atoms with Gasteiger partial charge in [-0.3, -0.25) is 0 Å². The molecule has 1 fully saturated rings. The summed E-state index contributed by atoms with van der Waals surface area (Å²) in [4.78, 5) is 27.9. The second-order valence-electron chi connectivity index (χ2n) is 7.42. The van der Waals surface area contributed by atoms with E-state index in [4.69, 9.17) is 16.3 Å². The lowest BCUT2D eigenvalue weighted by atomic mass is 9.88. The average molecular weight is 389 g/mol. The second-order valence-corrected chi connectivity index (χ2v) is 7.77. The van der Waals surface area contributed by atoms with Crippen LogP contribution in [-0.4, -0.2) is 46.9 Å². The molecule has 27 heavy (non-hydrogen) atoms. The van der Waals surface area contributed by atoms with Gasteiger partial charge in [-0.2, -0.15) is 0 Å². The zero-order chi connectivity index (χ0) is 19.8. The first-order chi connectivity index (χ1) is 12.7. The van der Waals surface area contributed by atoms with E-state index in [2.05, 4.69) is 10.2 Å². The van der Waals surface area contributed by atoms with E-state index in [1.165, 1.54) is 9.80 Å². The fourth-order valence-electron chi connectivity index (χ4n) is 2.81. The zero-order valence-corrected chi connectivity index (χ0v) is 16.4. The molecule has 0 radical (unpaired) electrons. The lowest BCUT2D eigenvalue weighted by molar-refractivity contribution is 0.0330. The number of ether oxygens (including phenoxy) is 1. The molecule has 1 unspecified atom stereocenters. The quantitative estimate of drug-likeness (QED) is 0.752. The Morgan fingerprint density at radius 3 is 2.52 bits per heavy atom. The first-order valence-electron chi connectivity index (χ1n) is 8.52. The first-order valence-corrected chi connectivity index (χ1v) is 8.90. The van der Waals surface area contributed by atoms with Gasteiger partial charge in [0.15, 0.2) is 11.0 Å². The number of carbonyl (C=O) groups is 2. The molecule has 1 aliphatic heterocycles. The van der Waals surface area contributed by atoms with Crippen molar-refractivity contribution in [3.63, 3.8) is 0 Å². The molecule has 1 aromatic heterocycles. The highest BCUT2D eigenvalue weighted by Crippen LogP contribution is 2.32. The van der Waals surface area contributed by atoms with Gasteiger partial charge in [-0.15, -0.1) is 10.2 Å². The van der Waals surface area contributed by atoms with Crippen molar-refractivity contribution in [1.82, 2.24) is 15.1 Å². The fraction of sp³-hybridized carbons (Fsp3) is 0.368. The average Bonchev–Trinajstić information content (AvgIpc) is 2.89. The minimum absolute atomic E-state index is 0.229. The van der Waals surface area contributed by atoms with Gasteiger partial charge in [0.1, 0.15) is 0 Å². The molecule has 2 heterocycles. The number of rotatable bonds is 3. The Labute approximate surface area is 162 Å². The van der Waals surface area contributed by atoms with Crippen molar-refractivity contribution in [2.24, 2.45) is 0 Å². The normalized spacial score (nSPS) is 17.4. The van der Waals surface area contributed by atoms with Crippen LogP contribution < -0.4 is 4.90 Å². The third-order valence-electron chi connectivity index (χ3n) is 4.29. The highest BCUT2D eigenvalue weighted by atomic mass is 35.5. The van der Waals surface area contributed by atoms with Crippen LogP contribution in [0, 0.1) is 0 Å². The maximum Gasteiger partial charge on any atom is 0.340 e. The lowest BCUT2D eigenvalue weighted by Gasteiger charge is -2.25. The van der Waals surface area contributed by atoms with E-state index in [0.29, 0.717) is 11.4 Å². The van der Waals surface area contributed by atoms with Gasteiger partial charge in [-0.05, 0) is 23.6 Å². The van der Waals surface area contributed by atoms with Crippen molar-refractivity contribution in [3.8, 4) is 0 Å². The van der Waals surface area contributed by atoms with E-state index in [1.807, 2.05) is 26.8 Å². The van der Waals surface area contributed by atoms with Gasteiger partial charge in [-0.1, -0.05) is 50.6 Å². The maximum atomic E-state index is 12.6. The van der Waals surface area contributed by atoms with E-state index in [0.717, 1.165) is 5.56 Å². The summed E-state index contributed by atoms with van der Waals surface area (Å²) in [6, 6.07) is 10.0. The van der Waals surface area contributed by atoms with Crippen LogP contribution in [0.1, 0.15) is 36.7 Å². The molecule has 0 aliphatic carbocycles. The number of halogens is 1. The Morgan fingerprint density at radius 2 is 1.89 bits per heavy atom. The van der Waals surface area contributed by atoms with Crippen molar-refractivity contribution in [2.45, 2.75) is 32.4 Å². The number of urea groups is 1. The minimum atomic E-state index is -0.807. The van der Waals surface area contributed by atoms with Crippen LogP contribution in [0.15, 0.2) is 36.4 Å². The maximum absolute atomic E-state index is 12.6. The number of anilines is 1. The second kappa shape index (κ2) is 7.15. The van der Waals surface area contributed by atoms with Crippen molar-refractivity contribution in [1.29, 1.82) is 0 Å². The molecular weight excluding hydrogens is 368 g/mol. The fourth-order valence-corrected chi connectivity index (χ4v) is 3.19. The Bertz CT molecular complexity index is 867. The Kier molecular flexibility index (Phi) is 5.06. The van der Waals surface area contributed by atoms with E-state index in [1.54, 1.807) is 37.4 Å². The van der Waals surface area contributed by atoms with Crippen molar-refractivity contribution in [3.05, 3.63) is 52.7 Å². The number of likely N-dealkylation sites (N-methyl/N-ethyl adjacent to an activating group) is 1. The van der Waals surface area contributed by atoms with Crippen LogP contribution in [0.2, 0.25) is 5.15 Å². The third-order valence-corrected chi connectivity index (χ3v) is 4.57. The number of amides is 2. The molecule has 1 aromatic carbocycles. The molecule has 0 N–H and O–H groups in total. The number of benzene rings is 1. The summed E-state index contributed by atoms with van der Waals surface area (Å²) in [5, 5.41) is 8.32. The number of nitrogens with zero attached hydrogens (tertiary/aromatic N) is 4. The van der Waals surface area contributed by atoms with Gasteiger partial charge < -0.3 is 9.64 Å². The molecule has 8 heteroatoms. The Hall–Kier alpha value is -2.67. The summed E-state index contributed by atoms with van der Waals surface area (Å²) < 4.78 is 5.58.